The summed E-state index contributed by atoms with van der Waals surface area (Å²) in [6, 6.07) is 11.2. The monoisotopic (exact) mass is 484 g/mol. The number of aryl methyl sites for hydroxylation is 1. The van der Waals surface area contributed by atoms with Gasteiger partial charge >= 0.3 is 0 Å². The second-order valence-corrected chi connectivity index (χ2v) is 8.00. The second-order valence-electron chi connectivity index (χ2n) is 7.62. The number of benzene rings is 2. The van der Waals surface area contributed by atoms with Crippen LogP contribution in [0.5, 0.6) is 5.75 Å². The molecule has 0 radical (unpaired) electrons. The van der Waals surface area contributed by atoms with Gasteiger partial charge in [0, 0.05) is 17.6 Å². The van der Waals surface area contributed by atoms with E-state index in [0.717, 1.165) is 16.9 Å². The van der Waals surface area contributed by atoms with Crippen LogP contribution in [0.25, 0.3) is 11.8 Å². The average molecular weight is 485 g/mol. The molecule has 0 atom stereocenters. The van der Waals surface area contributed by atoms with Crippen LogP contribution in [-0.2, 0) is 16.0 Å². The summed E-state index contributed by atoms with van der Waals surface area (Å²) in [5.41, 5.74) is 8.39. The number of aromatic nitrogens is 2. The maximum atomic E-state index is 13.0. The van der Waals surface area contributed by atoms with Crippen LogP contribution in [0, 0.1) is 12.7 Å². The number of alkyl halides is 1. The van der Waals surface area contributed by atoms with Gasteiger partial charge in [-0.25, -0.2) is 9.37 Å². The van der Waals surface area contributed by atoms with Gasteiger partial charge in [0.2, 0.25) is 5.91 Å². The molecule has 0 fully saturated rings. The van der Waals surface area contributed by atoms with Crippen LogP contribution in [-0.4, -0.2) is 34.4 Å². The third-order valence-electron chi connectivity index (χ3n) is 5.00. The average Bonchev–Trinajstić information content (AvgIpc) is 3.27. The van der Waals surface area contributed by atoms with Crippen LogP contribution >= 0.6 is 11.6 Å². The predicted octanol–water partition coefficient (Wildman–Crippen LogP) is 4.12. The van der Waals surface area contributed by atoms with Crippen molar-refractivity contribution < 1.29 is 18.7 Å². The summed E-state index contributed by atoms with van der Waals surface area (Å²) in [6.45, 7) is 1.90. The quantitative estimate of drug-likeness (QED) is 0.272. The van der Waals surface area contributed by atoms with Crippen molar-refractivity contribution in [3.63, 3.8) is 0 Å². The smallest absolute Gasteiger partial charge is 0.265 e. The fourth-order valence-electron chi connectivity index (χ4n) is 3.30. The van der Waals surface area contributed by atoms with E-state index >= 15 is 0 Å². The van der Waals surface area contributed by atoms with E-state index in [4.69, 9.17) is 16.3 Å². The minimum atomic E-state index is -0.439. The Morgan fingerprint density at radius 2 is 1.94 bits per heavy atom. The molecule has 0 spiro atoms. The summed E-state index contributed by atoms with van der Waals surface area (Å²) in [7, 11) is 1.58. The van der Waals surface area contributed by atoms with Crippen molar-refractivity contribution in [2.45, 2.75) is 26.2 Å². The van der Waals surface area contributed by atoms with E-state index in [1.807, 2.05) is 35.9 Å². The van der Waals surface area contributed by atoms with Gasteiger partial charge in [0.05, 0.1) is 31.2 Å². The van der Waals surface area contributed by atoms with E-state index in [1.54, 1.807) is 19.5 Å². The fourth-order valence-corrected chi connectivity index (χ4v) is 3.43. The van der Waals surface area contributed by atoms with Gasteiger partial charge in [-0.2, -0.15) is 0 Å². The molecule has 1 heterocycles. The third kappa shape index (κ3) is 6.92. The number of carbonyl (C=O) groups excluding carboxylic acids is 2. The maximum absolute atomic E-state index is 13.0. The second kappa shape index (κ2) is 12.0. The summed E-state index contributed by atoms with van der Waals surface area (Å²) in [5.74, 6) is -0.222. The number of hydrogen-bond donors (Lipinski definition) is 2. The molecular weight excluding hydrogens is 459 g/mol. The summed E-state index contributed by atoms with van der Waals surface area (Å²) in [5, 5.41) is 0. The molecule has 2 amide bonds. The van der Waals surface area contributed by atoms with Gasteiger partial charge in [0.25, 0.3) is 5.91 Å². The molecule has 9 heteroatoms. The molecule has 0 saturated heterocycles. The number of hydrogen-bond acceptors (Lipinski definition) is 4. The van der Waals surface area contributed by atoms with Crippen molar-refractivity contribution in [1.82, 2.24) is 20.4 Å². The Hall–Kier alpha value is -3.65. The van der Waals surface area contributed by atoms with Gasteiger partial charge in [-0.1, -0.05) is 18.2 Å². The number of halogens is 2. The van der Waals surface area contributed by atoms with E-state index in [1.165, 1.54) is 24.3 Å². The minimum absolute atomic E-state index is 0.00761. The number of imidazole rings is 1. The highest BCUT2D eigenvalue weighted by atomic mass is 35.5. The molecule has 2 aromatic carbocycles. The van der Waals surface area contributed by atoms with E-state index in [-0.39, 0.29) is 12.2 Å². The summed E-state index contributed by atoms with van der Waals surface area (Å²) >= 11 is 5.84. The number of rotatable bonds is 9. The molecule has 34 heavy (non-hydrogen) atoms. The highest BCUT2D eigenvalue weighted by molar-refractivity contribution is 6.17. The summed E-state index contributed by atoms with van der Waals surface area (Å²) < 4.78 is 20.4. The van der Waals surface area contributed by atoms with Crippen molar-refractivity contribution in [1.29, 1.82) is 0 Å². The number of carbonyl (C=O) groups is 2. The van der Waals surface area contributed by atoms with Crippen LogP contribution in [0.4, 0.5) is 4.39 Å². The Morgan fingerprint density at radius 3 is 2.59 bits per heavy atom. The Bertz CT molecular complexity index is 1180. The first-order valence-corrected chi connectivity index (χ1v) is 11.2. The van der Waals surface area contributed by atoms with Gasteiger partial charge in [-0.05, 0) is 61.2 Å². The third-order valence-corrected chi connectivity index (χ3v) is 5.27. The molecule has 0 saturated carbocycles. The van der Waals surface area contributed by atoms with Crippen LogP contribution < -0.4 is 15.6 Å². The molecule has 0 unspecified atom stereocenters. The number of nitrogens with zero attached hydrogens (tertiary/aromatic N) is 2. The van der Waals surface area contributed by atoms with Crippen molar-refractivity contribution in [3.8, 4) is 11.4 Å². The van der Waals surface area contributed by atoms with Gasteiger partial charge in [0.1, 0.15) is 11.6 Å². The molecule has 3 aromatic rings. The molecule has 0 bridgehead atoms. The molecule has 1 aromatic heterocycles. The lowest BCUT2D eigenvalue weighted by molar-refractivity contribution is -0.126. The number of nitrogens with one attached hydrogen (secondary N) is 2. The molecule has 0 aliphatic heterocycles. The molecule has 3 rings (SSSR count). The topological polar surface area (TPSA) is 85.3 Å². The number of methoxy groups -OCH3 is 1. The van der Waals surface area contributed by atoms with E-state index in [0.29, 0.717) is 35.6 Å². The Kier molecular flexibility index (Phi) is 8.81. The van der Waals surface area contributed by atoms with Gasteiger partial charge in [-0.3, -0.25) is 20.4 Å². The number of hydrazine groups is 1. The standard InChI is InChI=1S/C25H26ClFN4O3/c1-17-15-31(16-28-17)22-10-7-19(13-23(22)34-2)12-20(4-3-11-26)25(33)30-29-24(32)14-18-5-8-21(27)9-6-18/h5-10,12-13,15-16H,3-4,11,14H2,1-2H3,(H,29,32)(H,30,33)/b20-12+. The van der Waals surface area contributed by atoms with Crippen LogP contribution in [0.3, 0.4) is 0 Å². The van der Waals surface area contributed by atoms with Crippen molar-refractivity contribution in [3.05, 3.63) is 83.2 Å². The lowest BCUT2D eigenvalue weighted by atomic mass is 10.1. The van der Waals surface area contributed by atoms with Crippen molar-refractivity contribution in [2.24, 2.45) is 0 Å². The minimum Gasteiger partial charge on any atom is -0.495 e. The van der Waals surface area contributed by atoms with Crippen molar-refractivity contribution >= 4 is 29.5 Å². The zero-order valence-electron chi connectivity index (χ0n) is 19.0. The Balaban J connectivity index is 1.72. The highest BCUT2D eigenvalue weighted by Gasteiger charge is 2.13. The van der Waals surface area contributed by atoms with Crippen LogP contribution in [0.15, 0.2) is 60.6 Å². The molecule has 178 valence electrons. The zero-order chi connectivity index (χ0) is 24.5. The normalized spacial score (nSPS) is 11.2. The van der Waals surface area contributed by atoms with Crippen LogP contribution in [0.2, 0.25) is 0 Å². The predicted molar refractivity (Wildman–Crippen MR) is 129 cm³/mol. The van der Waals surface area contributed by atoms with E-state index in [9.17, 15) is 14.0 Å². The molecular formula is C25H26ClFN4O3. The molecule has 2 N–H and O–H groups in total. The van der Waals surface area contributed by atoms with Gasteiger partial charge < -0.3 is 9.30 Å². The largest absolute Gasteiger partial charge is 0.495 e. The highest BCUT2D eigenvalue weighted by Crippen LogP contribution is 2.26. The maximum Gasteiger partial charge on any atom is 0.265 e. The summed E-state index contributed by atoms with van der Waals surface area (Å²) in [4.78, 5) is 29.2. The lowest BCUT2D eigenvalue weighted by Crippen LogP contribution is -2.43. The van der Waals surface area contributed by atoms with Crippen molar-refractivity contribution in [2.75, 3.05) is 13.0 Å². The molecule has 0 aliphatic rings. The fraction of sp³-hybridized carbons (Fsp3) is 0.240. The van der Waals surface area contributed by atoms with E-state index in [2.05, 4.69) is 15.8 Å². The van der Waals surface area contributed by atoms with Gasteiger partial charge in [0.15, 0.2) is 0 Å². The Labute approximate surface area is 202 Å². The number of ether oxygens (including phenoxy) is 1. The first-order chi connectivity index (χ1) is 16.4. The number of amides is 2. The Morgan fingerprint density at radius 1 is 1.18 bits per heavy atom. The zero-order valence-corrected chi connectivity index (χ0v) is 19.7. The molecule has 7 nitrogen and oxygen atoms in total. The lowest BCUT2D eigenvalue weighted by Gasteiger charge is -2.12. The van der Waals surface area contributed by atoms with Crippen LogP contribution in [0.1, 0.15) is 29.7 Å². The SMILES string of the molecule is COc1cc(/C=C(\CCCCl)C(=O)NNC(=O)Cc2ccc(F)cc2)ccc1-n1cnc(C)c1. The van der Waals surface area contributed by atoms with E-state index < -0.39 is 11.8 Å². The first-order valence-electron chi connectivity index (χ1n) is 10.7. The van der Waals surface area contributed by atoms with Gasteiger partial charge in [-0.15, -0.1) is 11.6 Å². The molecule has 0 aliphatic carbocycles. The summed E-state index contributed by atoms with van der Waals surface area (Å²) in [6.07, 6.45) is 6.35. The first kappa shape index (κ1) is 25.0.